The number of para-hydroxylation sites is 1. The summed E-state index contributed by atoms with van der Waals surface area (Å²) >= 11 is 1.68. The second-order valence-corrected chi connectivity index (χ2v) is 5.15. The molecule has 0 unspecified atom stereocenters. The summed E-state index contributed by atoms with van der Waals surface area (Å²) in [6.07, 6.45) is 1.83. The van der Waals surface area contributed by atoms with Gasteiger partial charge in [-0.1, -0.05) is 18.2 Å². The van der Waals surface area contributed by atoms with Crippen LogP contribution < -0.4 is 5.32 Å². The molecule has 2 aromatic heterocycles. The minimum Gasteiger partial charge on any atom is -0.379 e. The Labute approximate surface area is 110 Å². The van der Waals surface area contributed by atoms with E-state index in [-0.39, 0.29) is 0 Å². The van der Waals surface area contributed by atoms with Gasteiger partial charge in [-0.2, -0.15) is 0 Å². The van der Waals surface area contributed by atoms with Gasteiger partial charge in [-0.25, -0.2) is 4.98 Å². The number of thiazole rings is 1. The highest BCUT2D eigenvalue weighted by Crippen LogP contribution is 2.21. The molecule has 0 amide bonds. The number of pyridine rings is 1. The molecule has 0 spiro atoms. The molecule has 90 valence electrons. The number of rotatable bonds is 3. The van der Waals surface area contributed by atoms with Gasteiger partial charge < -0.3 is 5.32 Å². The lowest BCUT2D eigenvalue weighted by Gasteiger charge is -2.07. The molecule has 0 saturated heterocycles. The lowest BCUT2D eigenvalue weighted by atomic mass is 10.2. The summed E-state index contributed by atoms with van der Waals surface area (Å²) in [6.45, 7) is 2.77. The van der Waals surface area contributed by atoms with Gasteiger partial charge in [0.15, 0.2) is 0 Å². The molecule has 0 radical (unpaired) electrons. The Morgan fingerprint density at radius 3 is 2.94 bits per heavy atom. The Balaban J connectivity index is 1.86. The van der Waals surface area contributed by atoms with Crippen molar-refractivity contribution in [1.29, 1.82) is 0 Å². The fourth-order valence-electron chi connectivity index (χ4n) is 1.93. The Bertz CT molecular complexity index is 670. The molecule has 18 heavy (non-hydrogen) atoms. The number of aromatic nitrogens is 2. The molecule has 0 aliphatic heterocycles. The van der Waals surface area contributed by atoms with Crippen molar-refractivity contribution in [3.05, 3.63) is 52.6 Å². The lowest BCUT2D eigenvalue weighted by molar-refractivity contribution is 1.06. The summed E-state index contributed by atoms with van der Waals surface area (Å²) in [5.74, 6) is 0. The number of aryl methyl sites for hydroxylation is 1. The van der Waals surface area contributed by atoms with Crippen molar-refractivity contribution < 1.29 is 0 Å². The molecule has 0 saturated carbocycles. The number of hydrogen-bond donors (Lipinski definition) is 1. The van der Waals surface area contributed by atoms with E-state index in [0.29, 0.717) is 0 Å². The first kappa shape index (κ1) is 11.2. The van der Waals surface area contributed by atoms with Crippen LogP contribution in [0.4, 0.5) is 5.69 Å². The second-order valence-electron chi connectivity index (χ2n) is 4.09. The first-order valence-electron chi connectivity index (χ1n) is 5.81. The summed E-state index contributed by atoms with van der Waals surface area (Å²) in [5, 5.41) is 7.76. The number of benzene rings is 1. The first-order valence-corrected chi connectivity index (χ1v) is 6.69. The van der Waals surface area contributed by atoms with Gasteiger partial charge in [-0.15, -0.1) is 11.3 Å². The molecule has 3 rings (SSSR count). The molecule has 3 aromatic rings. The summed E-state index contributed by atoms with van der Waals surface area (Å²) in [5.41, 5.74) is 3.20. The normalized spacial score (nSPS) is 10.7. The van der Waals surface area contributed by atoms with Crippen LogP contribution in [0.2, 0.25) is 0 Å². The van der Waals surface area contributed by atoms with Crippen LogP contribution in [0.25, 0.3) is 10.9 Å². The predicted octanol–water partition coefficient (Wildman–Crippen LogP) is 3.61. The van der Waals surface area contributed by atoms with Gasteiger partial charge in [0.2, 0.25) is 0 Å². The van der Waals surface area contributed by atoms with E-state index in [1.165, 1.54) is 0 Å². The smallest absolute Gasteiger partial charge is 0.0898 e. The third-order valence-electron chi connectivity index (χ3n) is 2.78. The monoisotopic (exact) mass is 255 g/mol. The third kappa shape index (κ3) is 2.19. The van der Waals surface area contributed by atoms with Gasteiger partial charge >= 0.3 is 0 Å². The first-order chi connectivity index (χ1) is 8.83. The molecular formula is C14H13N3S. The quantitative estimate of drug-likeness (QED) is 0.777. The summed E-state index contributed by atoms with van der Waals surface area (Å²) in [4.78, 5) is 8.79. The zero-order chi connectivity index (χ0) is 12.4. The van der Waals surface area contributed by atoms with Gasteiger partial charge in [0, 0.05) is 22.7 Å². The number of nitrogens with zero attached hydrogens (tertiary/aromatic N) is 2. The molecule has 0 bridgehead atoms. The van der Waals surface area contributed by atoms with Gasteiger partial charge in [-0.05, 0) is 19.1 Å². The standard InChI is InChI=1S/C14H13N3S/c1-10-17-11(9-18-10)8-16-14-6-7-15-13-5-3-2-4-12(13)14/h2-7,9H,8H2,1H3,(H,15,16). The van der Waals surface area contributed by atoms with Crippen LogP contribution in [0, 0.1) is 6.92 Å². The fraction of sp³-hybridized carbons (Fsp3) is 0.143. The third-order valence-corrected chi connectivity index (χ3v) is 3.60. The molecule has 1 aromatic carbocycles. The number of hydrogen-bond acceptors (Lipinski definition) is 4. The minimum absolute atomic E-state index is 0.748. The van der Waals surface area contributed by atoms with E-state index >= 15 is 0 Å². The van der Waals surface area contributed by atoms with E-state index in [4.69, 9.17) is 0 Å². The molecule has 0 aliphatic rings. The Morgan fingerprint density at radius 2 is 2.11 bits per heavy atom. The molecule has 1 N–H and O–H groups in total. The van der Waals surface area contributed by atoms with E-state index in [9.17, 15) is 0 Å². The van der Waals surface area contributed by atoms with Crippen LogP contribution in [-0.4, -0.2) is 9.97 Å². The topological polar surface area (TPSA) is 37.8 Å². The molecule has 3 nitrogen and oxygen atoms in total. The van der Waals surface area contributed by atoms with Crippen LogP contribution >= 0.6 is 11.3 Å². The van der Waals surface area contributed by atoms with E-state index in [1.54, 1.807) is 11.3 Å². The zero-order valence-corrected chi connectivity index (χ0v) is 10.9. The fourth-order valence-corrected chi connectivity index (χ4v) is 2.54. The van der Waals surface area contributed by atoms with E-state index in [1.807, 2.05) is 37.4 Å². The molecule has 2 heterocycles. The highest BCUT2D eigenvalue weighted by Gasteiger charge is 2.02. The molecule has 0 aliphatic carbocycles. The van der Waals surface area contributed by atoms with Crippen LogP contribution in [-0.2, 0) is 6.54 Å². The van der Waals surface area contributed by atoms with Crippen molar-refractivity contribution in [1.82, 2.24) is 9.97 Å². The van der Waals surface area contributed by atoms with Crippen LogP contribution in [0.5, 0.6) is 0 Å². The van der Waals surface area contributed by atoms with Crippen molar-refractivity contribution in [2.24, 2.45) is 0 Å². The van der Waals surface area contributed by atoms with Gasteiger partial charge in [0.25, 0.3) is 0 Å². The highest BCUT2D eigenvalue weighted by molar-refractivity contribution is 7.09. The highest BCUT2D eigenvalue weighted by atomic mass is 32.1. The van der Waals surface area contributed by atoms with Gasteiger partial charge in [-0.3, -0.25) is 4.98 Å². The second kappa shape index (κ2) is 4.74. The largest absolute Gasteiger partial charge is 0.379 e. The zero-order valence-electron chi connectivity index (χ0n) is 10.1. The lowest BCUT2D eigenvalue weighted by Crippen LogP contribution is -2.00. The van der Waals surface area contributed by atoms with Crippen LogP contribution in [0.15, 0.2) is 41.9 Å². The van der Waals surface area contributed by atoms with Crippen molar-refractivity contribution >= 4 is 27.9 Å². The van der Waals surface area contributed by atoms with Crippen molar-refractivity contribution in [3.63, 3.8) is 0 Å². The number of nitrogens with one attached hydrogen (secondary N) is 1. The van der Waals surface area contributed by atoms with E-state index in [0.717, 1.165) is 33.8 Å². The van der Waals surface area contributed by atoms with Crippen LogP contribution in [0.3, 0.4) is 0 Å². The van der Waals surface area contributed by atoms with Crippen molar-refractivity contribution in [2.45, 2.75) is 13.5 Å². The van der Waals surface area contributed by atoms with Crippen LogP contribution in [0.1, 0.15) is 10.7 Å². The van der Waals surface area contributed by atoms with Crippen molar-refractivity contribution in [2.75, 3.05) is 5.32 Å². The number of anilines is 1. The summed E-state index contributed by atoms with van der Waals surface area (Å²) < 4.78 is 0. The van der Waals surface area contributed by atoms with Gasteiger partial charge in [0.05, 0.1) is 22.8 Å². The molecule has 0 atom stereocenters. The van der Waals surface area contributed by atoms with Gasteiger partial charge in [0.1, 0.15) is 0 Å². The minimum atomic E-state index is 0.748. The average Bonchev–Trinajstić information content (AvgIpc) is 2.82. The van der Waals surface area contributed by atoms with Crippen molar-refractivity contribution in [3.8, 4) is 0 Å². The summed E-state index contributed by atoms with van der Waals surface area (Å²) in [7, 11) is 0. The predicted molar refractivity (Wildman–Crippen MR) is 75.9 cm³/mol. The Kier molecular flexibility index (Phi) is 2.94. The van der Waals surface area contributed by atoms with E-state index < -0.39 is 0 Å². The van der Waals surface area contributed by atoms with E-state index in [2.05, 4.69) is 26.7 Å². The maximum absolute atomic E-state index is 4.45. The molecule has 0 fully saturated rings. The Morgan fingerprint density at radius 1 is 1.22 bits per heavy atom. The SMILES string of the molecule is Cc1nc(CNc2ccnc3ccccc23)cs1. The molecular weight excluding hydrogens is 242 g/mol. The molecule has 4 heteroatoms. The maximum atomic E-state index is 4.45. The Hall–Kier alpha value is -1.94. The number of fused-ring (bicyclic) bond motifs is 1. The maximum Gasteiger partial charge on any atom is 0.0898 e. The average molecular weight is 255 g/mol. The summed E-state index contributed by atoms with van der Waals surface area (Å²) in [6, 6.07) is 10.1.